The van der Waals surface area contributed by atoms with Gasteiger partial charge < -0.3 is 5.32 Å². The third-order valence-electron chi connectivity index (χ3n) is 2.84. The van der Waals surface area contributed by atoms with E-state index in [0.717, 1.165) is 6.54 Å². The molecule has 1 aromatic carbocycles. The van der Waals surface area contributed by atoms with Gasteiger partial charge in [-0.1, -0.05) is 36.4 Å². The maximum atomic E-state index is 4.19. The van der Waals surface area contributed by atoms with Crippen molar-refractivity contribution in [3.63, 3.8) is 0 Å². The van der Waals surface area contributed by atoms with Crippen molar-refractivity contribution in [1.29, 1.82) is 0 Å². The first kappa shape index (κ1) is 11.8. The molecule has 0 aliphatic rings. The molecule has 1 heterocycles. The fourth-order valence-corrected chi connectivity index (χ4v) is 1.84. The minimum Gasteiger partial charge on any atom is -0.306 e. The van der Waals surface area contributed by atoms with Crippen LogP contribution in [-0.4, -0.2) is 4.98 Å². The zero-order valence-corrected chi connectivity index (χ0v) is 10.4. The summed E-state index contributed by atoms with van der Waals surface area (Å²) in [5.74, 6) is 0. The molecule has 0 unspecified atom stereocenters. The molecule has 2 rings (SSSR count). The van der Waals surface area contributed by atoms with Crippen LogP contribution in [0.15, 0.2) is 48.8 Å². The largest absolute Gasteiger partial charge is 0.306 e. The number of aromatic nitrogens is 1. The number of nitrogens with zero attached hydrogens (tertiary/aromatic N) is 1. The van der Waals surface area contributed by atoms with E-state index < -0.39 is 0 Å². The van der Waals surface area contributed by atoms with E-state index in [1.807, 2.05) is 18.5 Å². The van der Waals surface area contributed by atoms with E-state index >= 15 is 0 Å². The lowest BCUT2D eigenvalue weighted by Gasteiger charge is -2.14. The second kappa shape index (κ2) is 5.60. The standard InChI is InChI=1S/C15H18N2/c1-12-8-14(10-16-9-12)11-17-13(2)15-6-4-3-5-7-15/h3-10,13,17H,11H2,1-2H3/t13-/m1/s1. The van der Waals surface area contributed by atoms with Crippen molar-refractivity contribution >= 4 is 0 Å². The average molecular weight is 226 g/mol. The molecule has 2 aromatic rings. The molecule has 0 bridgehead atoms. The summed E-state index contributed by atoms with van der Waals surface area (Å²) >= 11 is 0. The van der Waals surface area contributed by atoms with Crippen LogP contribution in [0, 0.1) is 6.92 Å². The molecule has 0 aliphatic carbocycles. The predicted octanol–water partition coefficient (Wildman–Crippen LogP) is 3.24. The number of aryl methyl sites for hydroxylation is 1. The van der Waals surface area contributed by atoms with Gasteiger partial charge in [-0.15, -0.1) is 0 Å². The lowest BCUT2D eigenvalue weighted by Crippen LogP contribution is -2.18. The Balaban J connectivity index is 1.95. The lowest BCUT2D eigenvalue weighted by atomic mass is 10.1. The van der Waals surface area contributed by atoms with E-state index in [2.05, 4.69) is 54.5 Å². The molecular weight excluding hydrogens is 208 g/mol. The molecule has 0 radical (unpaired) electrons. The van der Waals surface area contributed by atoms with E-state index in [1.165, 1.54) is 16.7 Å². The fourth-order valence-electron chi connectivity index (χ4n) is 1.84. The van der Waals surface area contributed by atoms with Crippen LogP contribution in [0.25, 0.3) is 0 Å². The summed E-state index contributed by atoms with van der Waals surface area (Å²) in [6.45, 7) is 5.10. The summed E-state index contributed by atoms with van der Waals surface area (Å²) in [7, 11) is 0. The predicted molar refractivity (Wildman–Crippen MR) is 70.7 cm³/mol. The lowest BCUT2D eigenvalue weighted by molar-refractivity contribution is 0.573. The van der Waals surface area contributed by atoms with Crippen molar-refractivity contribution in [2.75, 3.05) is 0 Å². The highest BCUT2D eigenvalue weighted by atomic mass is 14.9. The second-order valence-electron chi connectivity index (χ2n) is 4.38. The average Bonchev–Trinajstić information content (AvgIpc) is 2.37. The highest BCUT2D eigenvalue weighted by molar-refractivity contribution is 5.19. The van der Waals surface area contributed by atoms with Crippen LogP contribution in [-0.2, 0) is 6.54 Å². The Labute approximate surface area is 103 Å². The minimum absolute atomic E-state index is 0.358. The Morgan fingerprint density at radius 2 is 1.94 bits per heavy atom. The van der Waals surface area contributed by atoms with E-state index in [0.29, 0.717) is 6.04 Å². The van der Waals surface area contributed by atoms with E-state index in [4.69, 9.17) is 0 Å². The Hall–Kier alpha value is -1.67. The smallest absolute Gasteiger partial charge is 0.0313 e. The topological polar surface area (TPSA) is 24.9 Å². The van der Waals surface area contributed by atoms with Gasteiger partial charge in [0.05, 0.1) is 0 Å². The van der Waals surface area contributed by atoms with Gasteiger partial charge >= 0.3 is 0 Å². The summed E-state index contributed by atoms with van der Waals surface area (Å²) in [4.78, 5) is 4.19. The van der Waals surface area contributed by atoms with Gasteiger partial charge in [0.15, 0.2) is 0 Å². The summed E-state index contributed by atoms with van der Waals surface area (Å²) < 4.78 is 0. The quantitative estimate of drug-likeness (QED) is 0.865. The normalized spacial score (nSPS) is 12.4. The fraction of sp³-hybridized carbons (Fsp3) is 0.267. The number of hydrogen-bond donors (Lipinski definition) is 1. The van der Waals surface area contributed by atoms with Crippen LogP contribution < -0.4 is 5.32 Å². The van der Waals surface area contributed by atoms with Crippen LogP contribution in [0.5, 0.6) is 0 Å². The molecule has 1 atom stereocenters. The maximum Gasteiger partial charge on any atom is 0.0313 e. The Kier molecular flexibility index (Phi) is 3.89. The first-order valence-corrected chi connectivity index (χ1v) is 5.94. The minimum atomic E-state index is 0.358. The van der Waals surface area contributed by atoms with Gasteiger partial charge in [0, 0.05) is 25.0 Å². The molecule has 0 fully saturated rings. The molecule has 0 saturated heterocycles. The van der Waals surface area contributed by atoms with Gasteiger partial charge in [-0.25, -0.2) is 0 Å². The molecule has 1 aromatic heterocycles. The zero-order chi connectivity index (χ0) is 12.1. The van der Waals surface area contributed by atoms with Crippen molar-refractivity contribution in [2.45, 2.75) is 26.4 Å². The third-order valence-corrected chi connectivity index (χ3v) is 2.84. The summed E-state index contributed by atoms with van der Waals surface area (Å²) in [5.41, 5.74) is 3.75. The summed E-state index contributed by atoms with van der Waals surface area (Å²) in [6, 6.07) is 13.0. The van der Waals surface area contributed by atoms with Gasteiger partial charge in [0.25, 0.3) is 0 Å². The van der Waals surface area contributed by atoms with Crippen molar-refractivity contribution in [1.82, 2.24) is 10.3 Å². The van der Waals surface area contributed by atoms with Gasteiger partial charge in [-0.2, -0.15) is 0 Å². The van der Waals surface area contributed by atoms with Crippen molar-refractivity contribution in [3.05, 3.63) is 65.5 Å². The SMILES string of the molecule is Cc1cncc(CN[C@H](C)c2ccccc2)c1. The zero-order valence-electron chi connectivity index (χ0n) is 10.4. The summed E-state index contributed by atoms with van der Waals surface area (Å²) in [6.07, 6.45) is 3.79. The van der Waals surface area contributed by atoms with Crippen LogP contribution in [0.1, 0.15) is 29.7 Å². The molecule has 0 amide bonds. The first-order chi connectivity index (χ1) is 8.25. The number of hydrogen-bond acceptors (Lipinski definition) is 2. The first-order valence-electron chi connectivity index (χ1n) is 5.94. The van der Waals surface area contributed by atoms with Crippen LogP contribution in [0.3, 0.4) is 0 Å². The highest BCUT2D eigenvalue weighted by Gasteiger charge is 2.03. The molecule has 88 valence electrons. The molecule has 0 spiro atoms. The van der Waals surface area contributed by atoms with Gasteiger partial charge in [0.2, 0.25) is 0 Å². The second-order valence-corrected chi connectivity index (χ2v) is 4.38. The number of nitrogens with one attached hydrogen (secondary N) is 1. The van der Waals surface area contributed by atoms with Gasteiger partial charge in [0.1, 0.15) is 0 Å². The summed E-state index contributed by atoms with van der Waals surface area (Å²) in [5, 5.41) is 3.50. The van der Waals surface area contributed by atoms with Crippen molar-refractivity contribution in [3.8, 4) is 0 Å². The Morgan fingerprint density at radius 1 is 1.18 bits per heavy atom. The molecule has 2 nitrogen and oxygen atoms in total. The molecular formula is C15H18N2. The Bertz CT molecular complexity index is 465. The molecule has 17 heavy (non-hydrogen) atoms. The number of benzene rings is 1. The maximum absolute atomic E-state index is 4.19. The van der Waals surface area contributed by atoms with Crippen molar-refractivity contribution < 1.29 is 0 Å². The van der Waals surface area contributed by atoms with E-state index in [-0.39, 0.29) is 0 Å². The highest BCUT2D eigenvalue weighted by Crippen LogP contribution is 2.12. The van der Waals surface area contributed by atoms with Crippen LogP contribution >= 0.6 is 0 Å². The number of rotatable bonds is 4. The number of pyridine rings is 1. The van der Waals surface area contributed by atoms with Gasteiger partial charge in [-0.3, -0.25) is 4.98 Å². The van der Waals surface area contributed by atoms with E-state index in [1.54, 1.807) is 0 Å². The van der Waals surface area contributed by atoms with Gasteiger partial charge in [-0.05, 0) is 30.5 Å². The van der Waals surface area contributed by atoms with Crippen LogP contribution in [0.2, 0.25) is 0 Å². The third kappa shape index (κ3) is 3.40. The molecule has 0 saturated carbocycles. The Morgan fingerprint density at radius 3 is 2.65 bits per heavy atom. The molecule has 2 heteroatoms. The van der Waals surface area contributed by atoms with E-state index in [9.17, 15) is 0 Å². The van der Waals surface area contributed by atoms with Crippen molar-refractivity contribution in [2.24, 2.45) is 0 Å². The van der Waals surface area contributed by atoms with Crippen LogP contribution in [0.4, 0.5) is 0 Å². The molecule has 1 N–H and O–H groups in total. The monoisotopic (exact) mass is 226 g/mol. The molecule has 0 aliphatic heterocycles.